The average molecular weight is 359 g/mol. The Hall–Kier alpha value is -0.470. The maximum absolute atomic E-state index is 11.9. The van der Waals surface area contributed by atoms with Crippen molar-refractivity contribution in [2.24, 2.45) is 5.73 Å². The van der Waals surface area contributed by atoms with E-state index in [2.05, 4.69) is 21.2 Å². The summed E-state index contributed by atoms with van der Waals surface area (Å²) < 4.78 is 36.6. The smallest absolute Gasteiger partial charge is 0.389 e. The minimum atomic E-state index is -4.20. The average Bonchev–Trinajstić information content (AvgIpc) is 2.24. The number of thioether (sulfide) groups is 1. The van der Waals surface area contributed by atoms with Gasteiger partial charge in [-0.1, -0.05) is 28.1 Å². The van der Waals surface area contributed by atoms with E-state index in [0.29, 0.717) is 11.3 Å². The SMILES string of the molecule is NC(=S)c1cc(Br)ccc1NCCSC(F)(F)F. The van der Waals surface area contributed by atoms with Crippen LogP contribution in [-0.4, -0.2) is 22.8 Å². The number of nitrogens with one attached hydrogen (secondary N) is 1. The predicted molar refractivity (Wildman–Crippen MR) is 77.0 cm³/mol. The van der Waals surface area contributed by atoms with Crippen LogP contribution in [0.2, 0.25) is 0 Å². The molecular formula is C10H10BrF3N2S2. The van der Waals surface area contributed by atoms with Crippen molar-refractivity contribution in [1.29, 1.82) is 0 Å². The first kappa shape index (κ1) is 15.6. The molecule has 0 aliphatic rings. The molecule has 0 amide bonds. The normalized spacial score (nSPS) is 11.3. The van der Waals surface area contributed by atoms with Crippen LogP contribution in [0.1, 0.15) is 5.56 Å². The number of anilines is 1. The Labute approximate surface area is 121 Å². The first-order chi connectivity index (χ1) is 8.29. The van der Waals surface area contributed by atoms with Gasteiger partial charge in [-0.15, -0.1) is 0 Å². The number of halogens is 4. The number of hydrogen-bond acceptors (Lipinski definition) is 3. The Morgan fingerprint density at radius 2 is 2.11 bits per heavy atom. The summed E-state index contributed by atoms with van der Waals surface area (Å²) in [6, 6.07) is 5.21. The van der Waals surface area contributed by atoms with Crippen molar-refractivity contribution >= 4 is 50.6 Å². The van der Waals surface area contributed by atoms with Gasteiger partial charge in [-0.25, -0.2) is 0 Å². The Morgan fingerprint density at radius 1 is 1.44 bits per heavy atom. The van der Waals surface area contributed by atoms with Gasteiger partial charge in [-0.3, -0.25) is 0 Å². The fraction of sp³-hybridized carbons (Fsp3) is 0.300. The third kappa shape index (κ3) is 5.45. The molecule has 0 spiro atoms. The summed E-state index contributed by atoms with van der Waals surface area (Å²) in [5, 5.41) is 2.89. The summed E-state index contributed by atoms with van der Waals surface area (Å²) >= 11 is 8.09. The maximum atomic E-state index is 11.9. The molecule has 0 saturated carbocycles. The van der Waals surface area contributed by atoms with Gasteiger partial charge in [-0.05, 0) is 30.0 Å². The van der Waals surface area contributed by atoms with Crippen LogP contribution in [0.25, 0.3) is 0 Å². The van der Waals surface area contributed by atoms with Crippen LogP contribution in [0.4, 0.5) is 18.9 Å². The lowest BCUT2D eigenvalue weighted by Crippen LogP contribution is -2.15. The number of hydrogen-bond donors (Lipinski definition) is 2. The summed E-state index contributed by atoms with van der Waals surface area (Å²) in [7, 11) is 0. The number of benzene rings is 1. The van der Waals surface area contributed by atoms with E-state index >= 15 is 0 Å². The van der Waals surface area contributed by atoms with Crippen LogP contribution in [0, 0.1) is 0 Å². The van der Waals surface area contributed by atoms with E-state index in [1.165, 1.54) is 0 Å². The first-order valence-corrected chi connectivity index (χ1v) is 7.02. The number of rotatable bonds is 5. The lowest BCUT2D eigenvalue weighted by atomic mass is 10.2. The molecule has 0 aliphatic heterocycles. The number of nitrogens with two attached hydrogens (primary N) is 1. The zero-order valence-electron chi connectivity index (χ0n) is 9.05. The lowest BCUT2D eigenvalue weighted by Gasteiger charge is -2.12. The topological polar surface area (TPSA) is 38.0 Å². The van der Waals surface area contributed by atoms with Crippen molar-refractivity contribution < 1.29 is 13.2 Å². The predicted octanol–water partition coefficient (Wildman–Crippen LogP) is 3.75. The van der Waals surface area contributed by atoms with Crippen molar-refractivity contribution in [3.63, 3.8) is 0 Å². The fourth-order valence-corrected chi connectivity index (χ4v) is 2.19. The highest BCUT2D eigenvalue weighted by Crippen LogP contribution is 2.30. The van der Waals surface area contributed by atoms with Crippen molar-refractivity contribution in [3.05, 3.63) is 28.2 Å². The summed E-state index contributed by atoms with van der Waals surface area (Å²) in [5.41, 5.74) is 2.58. The van der Waals surface area contributed by atoms with Crippen LogP contribution in [0.5, 0.6) is 0 Å². The van der Waals surface area contributed by atoms with Gasteiger partial charge in [0.15, 0.2) is 0 Å². The fourth-order valence-electron chi connectivity index (χ4n) is 1.23. The Morgan fingerprint density at radius 3 is 2.67 bits per heavy atom. The molecule has 8 heteroatoms. The van der Waals surface area contributed by atoms with E-state index in [1.807, 2.05) is 0 Å². The quantitative estimate of drug-likeness (QED) is 0.620. The van der Waals surface area contributed by atoms with Gasteiger partial charge in [0.05, 0.1) is 0 Å². The molecule has 1 aromatic rings. The molecule has 0 radical (unpaired) electrons. The largest absolute Gasteiger partial charge is 0.441 e. The lowest BCUT2D eigenvalue weighted by molar-refractivity contribution is -0.0327. The monoisotopic (exact) mass is 358 g/mol. The molecule has 0 aliphatic carbocycles. The van der Waals surface area contributed by atoms with Crippen molar-refractivity contribution in [2.45, 2.75) is 5.51 Å². The molecule has 0 aromatic heterocycles. The molecule has 0 bridgehead atoms. The molecular weight excluding hydrogens is 349 g/mol. The van der Waals surface area contributed by atoms with Crippen LogP contribution in [-0.2, 0) is 0 Å². The van der Waals surface area contributed by atoms with E-state index in [0.717, 1.165) is 4.47 Å². The zero-order valence-corrected chi connectivity index (χ0v) is 12.3. The van der Waals surface area contributed by atoms with E-state index in [1.54, 1.807) is 18.2 Å². The minimum absolute atomic E-state index is 0.0656. The van der Waals surface area contributed by atoms with Gasteiger partial charge < -0.3 is 11.1 Å². The number of thiocarbonyl (C=S) groups is 1. The van der Waals surface area contributed by atoms with Gasteiger partial charge >= 0.3 is 5.51 Å². The van der Waals surface area contributed by atoms with Gasteiger partial charge in [0.1, 0.15) is 4.99 Å². The highest BCUT2D eigenvalue weighted by molar-refractivity contribution is 9.10. The van der Waals surface area contributed by atoms with Gasteiger partial charge in [-0.2, -0.15) is 13.2 Å². The van der Waals surface area contributed by atoms with Crippen LogP contribution >= 0.6 is 39.9 Å². The van der Waals surface area contributed by atoms with E-state index < -0.39 is 5.51 Å². The van der Waals surface area contributed by atoms with E-state index in [4.69, 9.17) is 18.0 Å². The molecule has 1 rings (SSSR count). The molecule has 1 aromatic carbocycles. The Bertz CT molecular complexity index is 438. The van der Waals surface area contributed by atoms with Crippen LogP contribution in [0.3, 0.4) is 0 Å². The summed E-state index contributed by atoms with van der Waals surface area (Å²) in [5.74, 6) is -0.0731. The third-order valence-corrected chi connectivity index (χ3v) is 3.38. The summed E-state index contributed by atoms with van der Waals surface area (Å²) in [4.78, 5) is 0.197. The molecule has 18 heavy (non-hydrogen) atoms. The highest BCUT2D eigenvalue weighted by Gasteiger charge is 2.27. The molecule has 2 nitrogen and oxygen atoms in total. The van der Waals surface area contributed by atoms with E-state index in [-0.39, 0.29) is 29.0 Å². The summed E-state index contributed by atoms with van der Waals surface area (Å²) in [6.45, 7) is 0.182. The zero-order chi connectivity index (χ0) is 13.8. The van der Waals surface area contributed by atoms with Gasteiger partial charge in [0.25, 0.3) is 0 Å². The van der Waals surface area contributed by atoms with Crippen molar-refractivity contribution in [3.8, 4) is 0 Å². The second-order valence-electron chi connectivity index (χ2n) is 3.28. The molecule has 0 unspecified atom stereocenters. The molecule has 100 valence electrons. The van der Waals surface area contributed by atoms with E-state index in [9.17, 15) is 13.2 Å². The van der Waals surface area contributed by atoms with Gasteiger partial charge in [0, 0.05) is 28.0 Å². The highest BCUT2D eigenvalue weighted by atomic mass is 79.9. The molecule has 0 saturated heterocycles. The number of alkyl halides is 3. The van der Waals surface area contributed by atoms with Crippen molar-refractivity contribution in [2.75, 3.05) is 17.6 Å². The second kappa shape index (κ2) is 6.63. The minimum Gasteiger partial charge on any atom is -0.389 e. The molecule has 3 N–H and O–H groups in total. The van der Waals surface area contributed by atoms with Gasteiger partial charge in [0.2, 0.25) is 0 Å². The molecule has 0 atom stereocenters. The third-order valence-electron chi connectivity index (χ3n) is 1.93. The van der Waals surface area contributed by atoms with Crippen LogP contribution < -0.4 is 11.1 Å². The maximum Gasteiger partial charge on any atom is 0.441 e. The standard InChI is InChI=1S/C10H10BrF3N2S2/c11-6-1-2-8(7(5-6)9(15)17)16-3-4-18-10(12,13)14/h1-2,5,16H,3-4H2,(H2,15,17). The molecule has 0 fully saturated rings. The Kier molecular flexibility index (Phi) is 5.74. The summed E-state index contributed by atoms with van der Waals surface area (Å²) in [6.07, 6.45) is 0. The second-order valence-corrected chi connectivity index (χ2v) is 5.79. The van der Waals surface area contributed by atoms with Crippen LogP contribution in [0.15, 0.2) is 22.7 Å². The van der Waals surface area contributed by atoms with Crippen molar-refractivity contribution in [1.82, 2.24) is 0 Å². The Balaban J connectivity index is 2.59. The first-order valence-electron chi connectivity index (χ1n) is 4.83. The molecule has 0 heterocycles.